The van der Waals surface area contributed by atoms with Crippen LogP contribution in [-0.2, 0) is 9.59 Å². The third-order valence-electron chi connectivity index (χ3n) is 4.37. The third-order valence-corrected chi connectivity index (χ3v) is 4.37. The minimum absolute atomic E-state index is 0.0602. The first-order valence-corrected chi connectivity index (χ1v) is 8.84. The van der Waals surface area contributed by atoms with Crippen molar-refractivity contribution in [2.24, 2.45) is 0 Å². The van der Waals surface area contributed by atoms with Gasteiger partial charge in [0.05, 0.1) is 0 Å². The van der Waals surface area contributed by atoms with Crippen LogP contribution in [0.25, 0.3) is 0 Å². The molecular formula is C20H22N4O3. The summed E-state index contributed by atoms with van der Waals surface area (Å²) in [7, 11) is 0. The molecule has 2 aromatic rings. The van der Waals surface area contributed by atoms with Crippen LogP contribution in [0.15, 0.2) is 49.3 Å². The Morgan fingerprint density at radius 3 is 2.70 bits per heavy atom. The molecule has 1 unspecified atom stereocenters. The Bertz CT molecular complexity index is 835. The predicted molar refractivity (Wildman–Crippen MR) is 102 cm³/mol. The zero-order valence-electron chi connectivity index (χ0n) is 15.2. The molecule has 1 atom stereocenters. The van der Waals surface area contributed by atoms with E-state index in [4.69, 9.17) is 4.74 Å². The average Bonchev–Trinajstić information content (AvgIpc) is 2.69. The molecule has 1 N–H and O–H groups in total. The number of hydrogen-bond acceptors (Lipinski definition) is 5. The van der Waals surface area contributed by atoms with E-state index in [0.717, 1.165) is 25.1 Å². The van der Waals surface area contributed by atoms with E-state index in [2.05, 4.69) is 21.9 Å². The molecule has 1 saturated heterocycles. The Kier molecular flexibility index (Phi) is 5.80. The van der Waals surface area contributed by atoms with Gasteiger partial charge in [-0.2, -0.15) is 0 Å². The largest absolute Gasteiger partial charge is 0.437 e. The quantitative estimate of drug-likeness (QED) is 0.822. The maximum absolute atomic E-state index is 11.9. The molecule has 27 heavy (non-hydrogen) atoms. The Morgan fingerprint density at radius 1 is 1.26 bits per heavy atom. The van der Waals surface area contributed by atoms with Crippen molar-refractivity contribution in [3.63, 3.8) is 0 Å². The van der Waals surface area contributed by atoms with Crippen molar-refractivity contribution in [2.45, 2.75) is 25.7 Å². The van der Waals surface area contributed by atoms with Crippen molar-refractivity contribution in [2.75, 3.05) is 18.4 Å². The summed E-state index contributed by atoms with van der Waals surface area (Å²) in [6.45, 7) is 6.32. The minimum Gasteiger partial charge on any atom is -0.437 e. The lowest BCUT2D eigenvalue weighted by Crippen LogP contribution is -2.38. The number of hydrogen-bond donors (Lipinski definition) is 1. The van der Waals surface area contributed by atoms with Gasteiger partial charge in [-0.15, -0.1) is 0 Å². The fourth-order valence-electron chi connectivity index (χ4n) is 3.15. The van der Waals surface area contributed by atoms with E-state index in [0.29, 0.717) is 23.9 Å². The van der Waals surface area contributed by atoms with Crippen molar-refractivity contribution in [3.05, 3.63) is 55.0 Å². The van der Waals surface area contributed by atoms with Gasteiger partial charge in [0.1, 0.15) is 11.4 Å². The van der Waals surface area contributed by atoms with E-state index in [-0.39, 0.29) is 17.7 Å². The number of rotatable bonds is 5. The number of carbonyl (C=O) groups excluding carboxylic acids is 2. The van der Waals surface area contributed by atoms with Crippen molar-refractivity contribution >= 4 is 17.5 Å². The second-order valence-electron chi connectivity index (χ2n) is 6.38. The molecule has 1 aliphatic heterocycles. The molecule has 0 saturated carbocycles. The number of amides is 2. The van der Waals surface area contributed by atoms with Crippen LogP contribution in [0.3, 0.4) is 0 Å². The molecule has 0 spiro atoms. The minimum atomic E-state index is -0.129. The van der Waals surface area contributed by atoms with Crippen molar-refractivity contribution in [3.8, 4) is 11.6 Å². The lowest BCUT2D eigenvalue weighted by Gasteiger charge is -2.32. The highest BCUT2D eigenvalue weighted by Gasteiger charge is 2.27. The topological polar surface area (TPSA) is 84.4 Å². The van der Waals surface area contributed by atoms with E-state index >= 15 is 0 Å². The highest BCUT2D eigenvalue weighted by molar-refractivity contribution is 5.88. The van der Waals surface area contributed by atoms with Crippen LogP contribution in [0, 0.1) is 0 Å². The number of carbonyl (C=O) groups is 2. The maximum atomic E-state index is 11.9. The molecule has 1 aromatic heterocycles. The van der Waals surface area contributed by atoms with Gasteiger partial charge in [0.15, 0.2) is 0 Å². The zero-order valence-corrected chi connectivity index (χ0v) is 15.2. The number of piperidine rings is 1. The molecule has 7 nitrogen and oxygen atoms in total. The highest BCUT2D eigenvalue weighted by atomic mass is 16.5. The second kappa shape index (κ2) is 8.44. The summed E-state index contributed by atoms with van der Waals surface area (Å²) in [5, 5.41) is 2.71. The normalized spacial score (nSPS) is 16.5. The van der Waals surface area contributed by atoms with E-state index in [1.807, 2.05) is 0 Å². The summed E-state index contributed by atoms with van der Waals surface area (Å²) in [6.07, 6.45) is 6.37. The van der Waals surface area contributed by atoms with Crippen molar-refractivity contribution in [1.29, 1.82) is 0 Å². The molecule has 7 heteroatoms. The van der Waals surface area contributed by atoms with Gasteiger partial charge in [-0.3, -0.25) is 14.6 Å². The second-order valence-corrected chi connectivity index (χ2v) is 6.38. The number of ether oxygens (including phenoxy) is 1. The monoisotopic (exact) mass is 366 g/mol. The fourth-order valence-corrected chi connectivity index (χ4v) is 3.15. The van der Waals surface area contributed by atoms with Gasteiger partial charge in [0.25, 0.3) is 0 Å². The van der Waals surface area contributed by atoms with Crippen LogP contribution < -0.4 is 10.1 Å². The van der Waals surface area contributed by atoms with Gasteiger partial charge in [-0.1, -0.05) is 6.58 Å². The molecule has 0 bridgehead atoms. The summed E-state index contributed by atoms with van der Waals surface area (Å²) < 4.78 is 5.93. The van der Waals surface area contributed by atoms with Crippen molar-refractivity contribution < 1.29 is 14.3 Å². The van der Waals surface area contributed by atoms with E-state index in [9.17, 15) is 9.59 Å². The molecule has 0 aliphatic carbocycles. The van der Waals surface area contributed by atoms with E-state index < -0.39 is 0 Å². The lowest BCUT2D eigenvalue weighted by molar-refractivity contribution is -0.127. The third kappa shape index (κ3) is 4.69. The first kappa shape index (κ1) is 18.6. The fraction of sp³-hybridized carbons (Fsp3) is 0.300. The van der Waals surface area contributed by atoms with Crippen LogP contribution in [0.1, 0.15) is 31.4 Å². The van der Waals surface area contributed by atoms with E-state index in [1.54, 1.807) is 41.6 Å². The maximum Gasteiger partial charge on any atom is 0.245 e. The van der Waals surface area contributed by atoms with E-state index in [1.165, 1.54) is 13.0 Å². The van der Waals surface area contributed by atoms with Gasteiger partial charge in [0.2, 0.25) is 17.7 Å². The van der Waals surface area contributed by atoms with Crippen LogP contribution in [0.2, 0.25) is 0 Å². The summed E-state index contributed by atoms with van der Waals surface area (Å²) in [6, 6.07) is 7.05. The molecule has 1 fully saturated rings. The van der Waals surface area contributed by atoms with Crippen LogP contribution >= 0.6 is 0 Å². The predicted octanol–water partition coefficient (Wildman–Crippen LogP) is 3.12. The summed E-state index contributed by atoms with van der Waals surface area (Å²) in [4.78, 5) is 33.6. The number of nitrogens with zero attached hydrogens (tertiary/aromatic N) is 3. The number of benzene rings is 1. The molecule has 2 amide bonds. The van der Waals surface area contributed by atoms with Crippen LogP contribution in [-0.4, -0.2) is 39.8 Å². The first-order chi connectivity index (χ1) is 13.1. The number of likely N-dealkylation sites (tertiary alicyclic amines) is 1. The molecule has 1 aromatic carbocycles. The van der Waals surface area contributed by atoms with Gasteiger partial charge in [-0.25, -0.2) is 4.98 Å². The van der Waals surface area contributed by atoms with Crippen LogP contribution in [0.4, 0.5) is 5.69 Å². The average molecular weight is 366 g/mol. The molecular weight excluding hydrogens is 344 g/mol. The first-order valence-electron chi connectivity index (χ1n) is 8.84. The molecule has 3 rings (SSSR count). The standard InChI is InChI=1S/C20H22N4O3/c1-3-18(26)24-12-4-5-15(13-24)19-20(22-11-10-21-19)27-17-8-6-16(7-9-17)23-14(2)25/h3,6-11,15H,1,4-5,12-13H2,2H3,(H,23,25). The molecule has 140 valence electrons. The molecule has 0 radical (unpaired) electrons. The molecule has 1 aliphatic rings. The SMILES string of the molecule is C=CC(=O)N1CCCC(c2nccnc2Oc2ccc(NC(C)=O)cc2)C1. The highest BCUT2D eigenvalue weighted by Crippen LogP contribution is 2.32. The van der Waals surface area contributed by atoms with Crippen LogP contribution in [0.5, 0.6) is 11.6 Å². The Hall–Kier alpha value is -3.22. The van der Waals surface area contributed by atoms with Gasteiger partial charge >= 0.3 is 0 Å². The Balaban J connectivity index is 1.77. The smallest absolute Gasteiger partial charge is 0.245 e. The van der Waals surface area contributed by atoms with Gasteiger partial charge in [-0.05, 0) is 43.2 Å². The zero-order chi connectivity index (χ0) is 19.2. The van der Waals surface area contributed by atoms with Gasteiger partial charge < -0.3 is 15.0 Å². The summed E-state index contributed by atoms with van der Waals surface area (Å²) in [5.74, 6) is 0.892. The number of nitrogens with one attached hydrogen (secondary N) is 1. The molecule has 2 heterocycles. The summed E-state index contributed by atoms with van der Waals surface area (Å²) >= 11 is 0. The lowest BCUT2D eigenvalue weighted by atomic mass is 9.94. The Labute approximate surface area is 158 Å². The summed E-state index contributed by atoms with van der Waals surface area (Å²) in [5.41, 5.74) is 1.44. The van der Waals surface area contributed by atoms with Crippen molar-refractivity contribution in [1.82, 2.24) is 14.9 Å². The van der Waals surface area contributed by atoms with Gasteiger partial charge in [0, 0.05) is 44.0 Å². The number of anilines is 1. The number of aromatic nitrogens is 2. The Morgan fingerprint density at radius 2 is 2.00 bits per heavy atom.